The molecule has 4 heterocycles. The molecule has 0 unspecified atom stereocenters. The molecule has 0 radical (unpaired) electrons. The fourth-order valence-electron chi connectivity index (χ4n) is 3.45. The molecule has 1 fully saturated rings. The molecule has 0 N–H and O–H groups in total. The summed E-state index contributed by atoms with van der Waals surface area (Å²) in [7, 11) is -2.57. The summed E-state index contributed by atoms with van der Waals surface area (Å²) in [5.41, 5.74) is 1.30. The van der Waals surface area contributed by atoms with Crippen LogP contribution in [0.25, 0.3) is 0 Å². The lowest BCUT2D eigenvalue weighted by Gasteiger charge is -2.32. The third-order valence-corrected chi connectivity index (χ3v) is 7.87. The Labute approximate surface area is 167 Å². The van der Waals surface area contributed by atoms with Crippen molar-refractivity contribution >= 4 is 33.1 Å². The van der Waals surface area contributed by atoms with Crippen molar-refractivity contribution in [2.45, 2.75) is 17.9 Å². The van der Waals surface area contributed by atoms with Crippen LogP contribution in [-0.4, -0.2) is 63.6 Å². The van der Waals surface area contributed by atoms with Gasteiger partial charge in [0.15, 0.2) is 0 Å². The highest BCUT2D eigenvalue weighted by Gasteiger charge is 2.33. The number of methoxy groups -OCH3 is 1. The summed E-state index contributed by atoms with van der Waals surface area (Å²) in [6.07, 6.45) is 2.22. The number of ether oxygens (including phenoxy) is 2. The first-order valence-corrected chi connectivity index (χ1v) is 11.3. The largest absolute Gasteiger partial charge is 0.465 e. The molecule has 150 valence electrons. The van der Waals surface area contributed by atoms with Gasteiger partial charge in [-0.3, -0.25) is 0 Å². The lowest BCUT2D eigenvalue weighted by Crippen LogP contribution is -2.41. The highest BCUT2D eigenvalue weighted by atomic mass is 32.2. The molecular weight excluding hydrogens is 402 g/mol. The van der Waals surface area contributed by atoms with Crippen molar-refractivity contribution in [3.8, 4) is 0 Å². The molecule has 0 atom stereocenters. The molecule has 0 spiro atoms. The highest BCUT2D eigenvalue weighted by molar-refractivity contribution is 7.89. The Morgan fingerprint density at radius 3 is 2.82 bits per heavy atom. The van der Waals surface area contributed by atoms with E-state index in [1.165, 1.54) is 34.1 Å². The third-order valence-electron chi connectivity index (χ3n) is 4.95. The number of esters is 1. The molecule has 1 saturated heterocycles. The van der Waals surface area contributed by atoms with Gasteiger partial charge >= 0.3 is 5.97 Å². The van der Waals surface area contributed by atoms with E-state index in [9.17, 15) is 13.2 Å². The number of hydrogen-bond donors (Lipinski definition) is 0. The van der Waals surface area contributed by atoms with E-state index in [2.05, 4.69) is 11.1 Å². The predicted octanol–water partition coefficient (Wildman–Crippen LogP) is 1.51. The molecule has 4 rings (SSSR count). The lowest BCUT2D eigenvalue weighted by molar-refractivity contribution is 0.0600. The lowest BCUT2D eigenvalue weighted by atomic mass is 10.1. The summed E-state index contributed by atoms with van der Waals surface area (Å²) < 4.78 is 38.1. The van der Waals surface area contributed by atoms with Crippen molar-refractivity contribution in [2.24, 2.45) is 0 Å². The smallest absolute Gasteiger partial charge is 0.339 e. The van der Waals surface area contributed by atoms with Crippen molar-refractivity contribution in [3.05, 3.63) is 39.7 Å². The van der Waals surface area contributed by atoms with Crippen molar-refractivity contribution in [1.82, 2.24) is 9.29 Å². The zero-order chi connectivity index (χ0) is 19.7. The van der Waals surface area contributed by atoms with Crippen molar-refractivity contribution in [2.75, 3.05) is 44.9 Å². The average Bonchev–Trinajstić information content (AvgIpc) is 3.21. The van der Waals surface area contributed by atoms with Gasteiger partial charge in [-0.15, -0.1) is 11.3 Å². The van der Waals surface area contributed by atoms with E-state index in [4.69, 9.17) is 9.47 Å². The molecule has 2 aliphatic rings. The van der Waals surface area contributed by atoms with Crippen molar-refractivity contribution < 1.29 is 22.7 Å². The van der Waals surface area contributed by atoms with Crippen LogP contribution in [0.15, 0.2) is 28.6 Å². The van der Waals surface area contributed by atoms with Crippen LogP contribution in [0.2, 0.25) is 0 Å². The minimum atomic E-state index is -3.83. The van der Waals surface area contributed by atoms with Crippen molar-refractivity contribution in [1.29, 1.82) is 0 Å². The number of hydrogen-bond acceptors (Lipinski definition) is 8. The Morgan fingerprint density at radius 2 is 2.07 bits per heavy atom. The first-order valence-electron chi connectivity index (χ1n) is 8.97. The number of carbonyl (C=O) groups excluding carboxylic acids is 1. The number of sulfonamides is 1. The van der Waals surface area contributed by atoms with E-state index in [0.29, 0.717) is 32.1 Å². The van der Waals surface area contributed by atoms with E-state index in [1.807, 2.05) is 10.3 Å². The molecular formula is C18H21N3O5S2. The van der Waals surface area contributed by atoms with E-state index in [-0.39, 0.29) is 23.5 Å². The normalized spacial score (nSPS) is 18.0. The number of nitrogens with zero attached hydrogens (tertiary/aromatic N) is 3. The zero-order valence-electron chi connectivity index (χ0n) is 15.5. The van der Waals surface area contributed by atoms with E-state index < -0.39 is 16.0 Å². The van der Waals surface area contributed by atoms with Crippen LogP contribution in [-0.2, 0) is 32.5 Å². The van der Waals surface area contributed by atoms with Crippen LogP contribution in [0.3, 0.4) is 0 Å². The fourth-order valence-corrected chi connectivity index (χ4v) is 5.94. The number of rotatable bonds is 4. The minimum absolute atomic E-state index is 0.0379. The van der Waals surface area contributed by atoms with Crippen LogP contribution >= 0.6 is 11.3 Å². The Kier molecular flexibility index (Phi) is 5.37. The minimum Gasteiger partial charge on any atom is -0.465 e. The average molecular weight is 424 g/mol. The quantitative estimate of drug-likeness (QED) is 0.689. The van der Waals surface area contributed by atoms with Crippen LogP contribution < -0.4 is 4.90 Å². The summed E-state index contributed by atoms with van der Waals surface area (Å²) in [5, 5.41) is 2.05. The number of pyridine rings is 1. The molecule has 2 aliphatic heterocycles. The van der Waals surface area contributed by atoms with Crippen LogP contribution in [0.4, 0.5) is 5.82 Å². The second-order valence-electron chi connectivity index (χ2n) is 6.59. The fraction of sp³-hybridized carbons (Fsp3) is 0.444. The third kappa shape index (κ3) is 3.52. The van der Waals surface area contributed by atoms with Gasteiger partial charge < -0.3 is 14.4 Å². The highest BCUT2D eigenvalue weighted by Crippen LogP contribution is 2.32. The molecule has 0 aliphatic carbocycles. The number of morpholine rings is 1. The second kappa shape index (κ2) is 7.78. The van der Waals surface area contributed by atoms with Crippen LogP contribution in [0.5, 0.6) is 0 Å². The van der Waals surface area contributed by atoms with Crippen LogP contribution in [0.1, 0.15) is 20.8 Å². The van der Waals surface area contributed by atoms with Gasteiger partial charge in [0.1, 0.15) is 10.7 Å². The van der Waals surface area contributed by atoms with Crippen LogP contribution in [0, 0.1) is 0 Å². The topological polar surface area (TPSA) is 89.0 Å². The summed E-state index contributed by atoms with van der Waals surface area (Å²) in [4.78, 5) is 19.7. The molecule has 0 amide bonds. The molecule has 2 aromatic rings. The summed E-state index contributed by atoms with van der Waals surface area (Å²) in [6.45, 7) is 2.51. The predicted molar refractivity (Wildman–Crippen MR) is 104 cm³/mol. The molecule has 0 aromatic carbocycles. The van der Waals surface area contributed by atoms with E-state index >= 15 is 0 Å². The van der Waals surface area contributed by atoms with Crippen molar-refractivity contribution in [3.63, 3.8) is 0 Å². The van der Waals surface area contributed by atoms with Gasteiger partial charge in [-0.25, -0.2) is 18.2 Å². The molecule has 10 heteroatoms. The number of fused-ring (bicyclic) bond motifs is 1. The SMILES string of the molecule is COC(=O)c1cnc(N2CCc3sccc3C2)c(S(=O)(=O)N2CCOCC2)c1. The van der Waals surface area contributed by atoms with E-state index in [0.717, 1.165) is 6.42 Å². The maximum atomic E-state index is 13.4. The van der Waals surface area contributed by atoms with E-state index in [1.54, 1.807) is 11.3 Å². The molecule has 8 nitrogen and oxygen atoms in total. The summed E-state index contributed by atoms with van der Waals surface area (Å²) >= 11 is 1.72. The first kappa shape index (κ1) is 19.3. The number of anilines is 1. The van der Waals surface area contributed by atoms with Gasteiger partial charge in [0, 0.05) is 37.3 Å². The maximum absolute atomic E-state index is 13.4. The Hall–Kier alpha value is -2.01. The monoisotopic (exact) mass is 423 g/mol. The number of thiophene rings is 1. The standard InChI is InChI=1S/C18H21N3O5S2/c1-25-18(22)14-10-16(28(23,24)21-5-7-26-8-6-21)17(19-11-14)20-4-2-15-13(12-20)3-9-27-15/h3,9-11H,2,4-8,12H2,1H3. The molecule has 2 aromatic heterocycles. The molecule has 28 heavy (non-hydrogen) atoms. The van der Waals surface area contributed by atoms with Gasteiger partial charge in [-0.1, -0.05) is 0 Å². The van der Waals surface area contributed by atoms with Gasteiger partial charge in [0.2, 0.25) is 10.0 Å². The Bertz CT molecular complexity index is 983. The van der Waals surface area contributed by atoms with Gasteiger partial charge in [-0.2, -0.15) is 4.31 Å². The van der Waals surface area contributed by atoms with Gasteiger partial charge in [0.05, 0.1) is 25.9 Å². The zero-order valence-corrected chi connectivity index (χ0v) is 17.1. The Balaban J connectivity index is 1.76. The first-order chi connectivity index (χ1) is 13.5. The maximum Gasteiger partial charge on any atom is 0.339 e. The second-order valence-corrected chi connectivity index (χ2v) is 9.50. The summed E-state index contributed by atoms with van der Waals surface area (Å²) in [5.74, 6) is -0.243. The van der Waals surface area contributed by atoms with Gasteiger partial charge in [0.25, 0.3) is 0 Å². The Morgan fingerprint density at radius 1 is 1.29 bits per heavy atom. The number of aromatic nitrogens is 1. The molecule has 0 bridgehead atoms. The van der Waals surface area contributed by atoms with Gasteiger partial charge in [-0.05, 0) is 29.5 Å². The summed E-state index contributed by atoms with van der Waals surface area (Å²) in [6, 6.07) is 3.44. The molecule has 0 saturated carbocycles. The number of carbonyl (C=O) groups is 1.